The van der Waals surface area contributed by atoms with E-state index in [2.05, 4.69) is 26.1 Å². The highest BCUT2D eigenvalue weighted by atomic mass is 79.9. The Hall–Kier alpha value is -0.610. The first-order chi connectivity index (χ1) is 8.74. The van der Waals surface area contributed by atoms with Crippen molar-refractivity contribution in [3.05, 3.63) is 28.5 Å². The number of rotatable bonds is 2. The summed E-state index contributed by atoms with van der Waals surface area (Å²) in [6.07, 6.45) is 3.73. The molecule has 3 rings (SSSR count). The molecule has 1 aromatic carbocycles. The first kappa shape index (κ1) is 12.4. The van der Waals surface area contributed by atoms with E-state index in [0.717, 1.165) is 42.1 Å². The highest BCUT2D eigenvalue weighted by Gasteiger charge is 2.33. The molecule has 0 spiro atoms. The van der Waals surface area contributed by atoms with Gasteiger partial charge in [0.05, 0.1) is 5.69 Å². The smallest absolute Gasteiger partial charge is 0.146 e. The molecule has 2 fully saturated rings. The Morgan fingerprint density at radius 1 is 1.33 bits per heavy atom. The molecule has 18 heavy (non-hydrogen) atoms. The van der Waals surface area contributed by atoms with E-state index >= 15 is 0 Å². The summed E-state index contributed by atoms with van der Waals surface area (Å²) < 4.78 is 14.9. The predicted octanol–water partition coefficient (Wildman–Crippen LogP) is 3.17. The standard InChI is InChI=1S/C14H18BrFN2/c15-11-4-5-12(16)14(8-11)18-7-1-6-17-13(9-18)10-2-3-10/h4-5,8,10,13,17H,1-3,6-7,9H2. The lowest BCUT2D eigenvalue weighted by Crippen LogP contribution is -2.39. The van der Waals surface area contributed by atoms with Gasteiger partial charge < -0.3 is 10.2 Å². The summed E-state index contributed by atoms with van der Waals surface area (Å²) in [5, 5.41) is 3.60. The summed E-state index contributed by atoms with van der Waals surface area (Å²) in [4.78, 5) is 2.20. The van der Waals surface area contributed by atoms with Gasteiger partial charge >= 0.3 is 0 Å². The second-order valence-corrected chi connectivity index (χ2v) is 6.21. The van der Waals surface area contributed by atoms with Gasteiger partial charge in [0.1, 0.15) is 5.82 Å². The van der Waals surface area contributed by atoms with E-state index in [1.807, 2.05) is 6.07 Å². The van der Waals surface area contributed by atoms with Gasteiger partial charge in [-0.15, -0.1) is 0 Å². The molecule has 2 aliphatic rings. The molecule has 1 heterocycles. The van der Waals surface area contributed by atoms with Gasteiger partial charge in [-0.05, 0) is 49.9 Å². The van der Waals surface area contributed by atoms with Crippen LogP contribution in [0.15, 0.2) is 22.7 Å². The van der Waals surface area contributed by atoms with Gasteiger partial charge in [-0.1, -0.05) is 15.9 Å². The second-order valence-electron chi connectivity index (χ2n) is 5.29. The molecule has 1 saturated carbocycles. The summed E-state index contributed by atoms with van der Waals surface area (Å²) in [5.74, 6) is 0.690. The Kier molecular flexibility index (Phi) is 3.57. The third kappa shape index (κ3) is 2.69. The number of nitrogens with one attached hydrogen (secondary N) is 1. The lowest BCUT2D eigenvalue weighted by molar-refractivity contribution is 0.488. The third-order valence-corrected chi connectivity index (χ3v) is 4.36. The van der Waals surface area contributed by atoms with Crippen LogP contribution in [0.5, 0.6) is 0 Å². The van der Waals surface area contributed by atoms with Crippen LogP contribution in [-0.2, 0) is 0 Å². The van der Waals surface area contributed by atoms with E-state index in [4.69, 9.17) is 0 Å². The summed E-state index contributed by atoms with van der Waals surface area (Å²) in [6, 6.07) is 5.73. The van der Waals surface area contributed by atoms with Crippen LogP contribution in [-0.4, -0.2) is 25.7 Å². The quantitative estimate of drug-likeness (QED) is 0.902. The van der Waals surface area contributed by atoms with E-state index in [-0.39, 0.29) is 5.82 Å². The molecule has 0 aromatic heterocycles. The Balaban J connectivity index is 1.82. The first-order valence-electron chi connectivity index (χ1n) is 6.67. The highest BCUT2D eigenvalue weighted by molar-refractivity contribution is 9.10. The maximum Gasteiger partial charge on any atom is 0.146 e. The normalized spacial score (nSPS) is 25.0. The van der Waals surface area contributed by atoms with Crippen LogP contribution in [0.4, 0.5) is 10.1 Å². The Morgan fingerprint density at radius 2 is 2.17 bits per heavy atom. The number of benzene rings is 1. The van der Waals surface area contributed by atoms with Gasteiger partial charge in [-0.2, -0.15) is 0 Å². The minimum atomic E-state index is -0.116. The number of anilines is 1. The van der Waals surface area contributed by atoms with Crippen molar-refractivity contribution < 1.29 is 4.39 Å². The number of nitrogens with zero attached hydrogens (tertiary/aromatic N) is 1. The molecule has 4 heteroatoms. The van der Waals surface area contributed by atoms with Crippen LogP contribution in [0.1, 0.15) is 19.3 Å². The molecule has 1 saturated heterocycles. The zero-order valence-corrected chi connectivity index (χ0v) is 11.9. The molecule has 0 amide bonds. The van der Waals surface area contributed by atoms with Gasteiger partial charge in [-0.3, -0.25) is 0 Å². The summed E-state index contributed by atoms with van der Waals surface area (Å²) in [6.45, 7) is 2.91. The van der Waals surface area contributed by atoms with E-state index in [1.54, 1.807) is 12.1 Å². The molecule has 1 aliphatic heterocycles. The van der Waals surface area contributed by atoms with E-state index in [0.29, 0.717) is 6.04 Å². The predicted molar refractivity (Wildman–Crippen MR) is 75.4 cm³/mol. The SMILES string of the molecule is Fc1ccc(Br)cc1N1CCCNC(C2CC2)C1. The number of hydrogen-bond donors (Lipinski definition) is 1. The maximum absolute atomic E-state index is 13.9. The van der Waals surface area contributed by atoms with Crippen LogP contribution in [0, 0.1) is 11.7 Å². The van der Waals surface area contributed by atoms with Crippen molar-refractivity contribution in [3.63, 3.8) is 0 Å². The summed E-state index contributed by atoms with van der Waals surface area (Å²) in [7, 11) is 0. The van der Waals surface area contributed by atoms with E-state index in [1.165, 1.54) is 12.8 Å². The number of hydrogen-bond acceptors (Lipinski definition) is 2. The minimum absolute atomic E-state index is 0.116. The van der Waals surface area contributed by atoms with Crippen LogP contribution < -0.4 is 10.2 Å². The van der Waals surface area contributed by atoms with Gasteiger partial charge in [0.15, 0.2) is 0 Å². The molecule has 1 unspecified atom stereocenters. The van der Waals surface area contributed by atoms with Crippen molar-refractivity contribution in [1.29, 1.82) is 0 Å². The molecule has 1 aromatic rings. The first-order valence-corrected chi connectivity index (χ1v) is 7.47. The van der Waals surface area contributed by atoms with Gasteiger partial charge in [0, 0.05) is 23.6 Å². The van der Waals surface area contributed by atoms with Crippen molar-refractivity contribution in [2.24, 2.45) is 5.92 Å². The van der Waals surface area contributed by atoms with Gasteiger partial charge in [0.25, 0.3) is 0 Å². The Labute approximate surface area is 116 Å². The van der Waals surface area contributed by atoms with Gasteiger partial charge in [-0.25, -0.2) is 4.39 Å². The highest BCUT2D eigenvalue weighted by Crippen LogP contribution is 2.34. The lowest BCUT2D eigenvalue weighted by Gasteiger charge is -2.27. The summed E-state index contributed by atoms with van der Waals surface area (Å²) in [5.41, 5.74) is 0.735. The Bertz CT molecular complexity index is 434. The Morgan fingerprint density at radius 3 is 2.94 bits per heavy atom. The minimum Gasteiger partial charge on any atom is -0.368 e. The molecule has 98 valence electrons. The molecule has 2 nitrogen and oxygen atoms in total. The topological polar surface area (TPSA) is 15.3 Å². The van der Waals surface area contributed by atoms with Crippen LogP contribution in [0.25, 0.3) is 0 Å². The lowest BCUT2D eigenvalue weighted by atomic mass is 10.1. The molecule has 1 N–H and O–H groups in total. The van der Waals surface area contributed by atoms with E-state index in [9.17, 15) is 4.39 Å². The molecular formula is C14H18BrFN2. The van der Waals surface area contributed by atoms with Crippen molar-refractivity contribution in [2.75, 3.05) is 24.5 Å². The molecule has 1 atom stereocenters. The second kappa shape index (κ2) is 5.17. The number of halogens is 2. The van der Waals surface area contributed by atoms with Crippen molar-refractivity contribution >= 4 is 21.6 Å². The summed E-state index contributed by atoms with van der Waals surface area (Å²) >= 11 is 3.43. The third-order valence-electron chi connectivity index (χ3n) is 3.87. The molecule has 1 aliphatic carbocycles. The molecular weight excluding hydrogens is 295 g/mol. The monoisotopic (exact) mass is 312 g/mol. The fourth-order valence-corrected chi connectivity index (χ4v) is 3.06. The molecule has 0 radical (unpaired) electrons. The van der Waals surface area contributed by atoms with Crippen LogP contribution in [0.3, 0.4) is 0 Å². The van der Waals surface area contributed by atoms with Crippen molar-refractivity contribution in [2.45, 2.75) is 25.3 Å². The fourth-order valence-electron chi connectivity index (χ4n) is 2.71. The zero-order chi connectivity index (χ0) is 12.5. The zero-order valence-electron chi connectivity index (χ0n) is 10.3. The molecule has 0 bridgehead atoms. The average molecular weight is 313 g/mol. The van der Waals surface area contributed by atoms with Crippen LogP contribution >= 0.6 is 15.9 Å². The average Bonchev–Trinajstić information content (AvgIpc) is 3.16. The largest absolute Gasteiger partial charge is 0.368 e. The maximum atomic E-state index is 13.9. The van der Waals surface area contributed by atoms with Crippen LogP contribution in [0.2, 0.25) is 0 Å². The fraction of sp³-hybridized carbons (Fsp3) is 0.571. The van der Waals surface area contributed by atoms with Crippen molar-refractivity contribution in [3.8, 4) is 0 Å². The van der Waals surface area contributed by atoms with Crippen molar-refractivity contribution in [1.82, 2.24) is 5.32 Å². The van der Waals surface area contributed by atoms with E-state index < -0.39 is 0 Å². The van der Waals surface area contributed by atoms with Gasteiger partial charge in [0.2, 0.25) is 0 Å².